The Labute approximate surface area is 156 Å². The third-order valence-corrected chi connectivity index (χ3v) is 5.19. The molecule has 8 heteroatoms. The summed E-state index contributed by atoms with van der Waals surface area (Å²) >= 11 is 0. The average Bonchev–Trinajstić information content (AvgIpc) is 3.19. The number of rotatable bonds is 7. The Morgan fingerprint density at radius 3 is 2.48 bits per heavy atom. The molecule has 0 bridgehead atoms. The summed E-state index contributed by atoms with van der Waals surface area (Å²) in [5, 5.41) is 2.66. The van der Waals surface area contributed by atoms with E-state index in [-0.39, 0.29) is 23.5 Å². The van der Waals surface area contributed by atoms with Crippen LogP contribution in [0.1, 0.15) is 21.7 Å². The van der Waals surface area contributed by atoms with Crippen molar-refractivity contribution in [3.63, 3.8) is 0 Å². The third-order valence-electron chi connectivity index (χ3n) is 3.79. The van der Waals surface area contributed by atoms with Crippen molar-refractivity contribution >= 4 is 15.9 Å². The highest BCUT2D eigenvalue weighted by molar-refractivity contribution is 7.89. The molecule has 27 heavy (non-hydrogen) atoms. The molecule has 3 rings (SSSR count). The number of halogens is 1. The number of carbonyl (C=O) groups excluding carboxylic acids is 1. The minimum atomic E-state index is -3.83. The number of nitrogens with one attached hydrogen (secondary N) is 2. The van der Waals surface area contributed by atoms with Crippen LogP contribution in [0.15, 0.2) is 76.2 Å². The molecule has 0 aliphatic carbocycles. The lowest BCUT2D eigenvalue weighted by Crippen LogP contribution is -2.25. The van der Waals surface area contributed by atoms with Crippen molar-refractivity contribution in [2.75, 3.05) is 0 Å². The predicted molar refractivity (Wildman–Crippen MR) is 96.7 cm³/mol. The lowest BCUT2D eigenvalue weighted by atomic mass is 10.2. The minimum Gasteiger partial charge on any atom is -0.467 e. The maximum Gasteiger partial charge on any atom is 0.251 e. The Morgan fingerprint density at radius 2 is 1.78 bits per heavy atom. The van der Waals surface area contributed by atoms with E-state index < -0.39 is 21.7 Å². The molecule has 0 atom stereocenters. The Bertz CT molecular complexity index is 1020. The fourth-order valence-corrected chi connectivity index (χ4v) is 3.41. The van der Waals surface area contributed by atoms with Crippen molar-refractivity contribution in [1.29, 1.82) is 0 Å². The van der Waals surface area contributed by atoms with E-state index in [1.165, 1.54) is 54.8 Å². The van der Waals surface area contributed by atoms with Crippen molar-refractivity contribution in [2.45, 2.75) is 18.0 Å². The van der Waals surface area contributed by atoms with Gasteiger partial charge in [-0.05, 0) is 48.0 Å². The molecular weight excluding hydrogens is 371 g/mol. The van der Waals surface area contributed by atoms with Gasteiger partial charge >= 0.3 is 0 Å². The van der Waals surface area contributed by atoms with Crippen LogP contribution in [0.3, 0.4) is 0 Å². The lowest BCUT2D eigenvalue weighted by molar-refractivity contribution is 0.0948. The molecule has 1 heterocycles. The third kappa shape index (κ3) is 5.02. The van der Waals surface area contributed by atoms with Gasteiger partial charge in [0, 0.05) is 12.1 Å². The van der Waals surface area contributed by atoms with Crippen LogP contribution in [0.25, 0.3) is 0 Å². The highest BCUT2D eigenvalue weighted by Crippen LogP contribution is 2.13. The largest absolute Gasteiger partial charge is 0.467 e. The number of amides is 1. The van der Waals surface area contributed by atoms with Crippen molar-refractivity contribution in [2.24, 2.45) is 0 Å². The standard InChI is InChI=1S/C19H17FN2O4S/c20-16-8-6-14(7-9-16)12-22-27(24,25)18-5-1-3-15(11-18)19(23)21-13-17-4-2-10-26-17/h1-11,22H,12-13H2,(H,21,23). The second kappa shape index (κ2) is 8.15. The molecule has 0 radical (unpaired) electrons. The average molecular weight is 388 g/mol. The van der Waals surface area contributed by atoms with E-state index >= 15 is 0 Å². The Kier molecular flexibility index (Phi) is 5.68. The van der Waals surface area contributed by atoms with E-state index in [1.807, 2.05) is 0 Å². The molecule has 140 valence electrons. The van der Waals surface area contributed by atoms with Gasteiger partial charge in [-0.15, -0.1) is 0 Å². The zero-order valence-electron chi connectivity index (χ0n) is 14.2. The first-order valence-corrected chi connectivity index (χ1v) is 9.57. The van der Waals surface area contributed by atoms with Gasteiger partial charge in [-0.1, -0.05) is 18.2 Å². The quantitative estimate of drug-likeness (QED) is 0.651. The molecule has 1 aromatic heterocycles. The van der Waals surface area contributed by atoms with Crippen LogP contribution < -0.4 is 10.0 Å². The van der Waals surface area contributed by atoms with Crippen LogP contribution in [0, 0.1) is 5.82 Å². The Morgan fingerprint density at radius 1 is 1.00 bits per heavy atom. The highest BCUT2D eigenvalue weighted by Gasteiger charge is 2.16. The molecule has 3 aromatic rings. The highest BCUT2D eigenvalue weighted by atomic mass is 32.2. The summed E-state index contributed by atoms with van der Waals surface area (Å²) < 4.78 is 45.4. The number of sulfonamides is 1. The van der Waals surface area contributed by atoms with E-state index in [2.05, 4.69) is 10.0 Å². The molecule has 0 fully saturated rings. The van der Waals surface area contributed by atoms with Crippen molar-refractivity contribution < 1.29 is 22.0 Å². The second-order valence-corrected chi connectivity index (χ2v) is 7.51. The molecule has 1 amide bonds. The molecule has 6 nitrogen and oxygen atoms in total. The van der Waals surface area contributed by atoms with Gasteiger partial charge in [0.1, 0.15) is 11.6 Å². The molecule has 2 aromatic carbocycles. The SMILES string of the molecule is O=C(NCc1ccco1)c1cccc(S(=O)(=O)NCc2ccc(F)cc2)c1. The van der Waals surface area contributed by atoms with Crippen LogP contribution in [-0.4, -0.2) is 14.3 Å². The number of furan rings is 1. The summed E-state index contributed by atoms with van der Waals surface area (Å²) in [6, 6.07) is 14.7. The molecule has 0 unspecified atom stereocenters. The van der Waals surface area contributed by atoms with E-state index in [1.54, 1.807) is 12.1 Å². The van der Waals surface area contributed by atoms with Crippen LogP contribution in [-0.2, 0) is 23.1 Å². The monoisotopic (exact) mass is 388 g/mol. The van der Waals surface area contributed by atoms with Crippen LogP contribution in [0.4, 0.5) is 4.39 Å². The van der Waals surface area contributed by atoms with Crippen molar-refractivity contribution in [1.82, 2.24) is 10.0 Å². The zero-order chi connectivity index (χ0) is 19.3. The van der Waals surface area contributed by atoms with E-state index in [9.17, 15) is 17.6 Å². The molecule has 0 aliphatic rings. The smallest absolute Gasteiger partial charge is 0.251 e. The van der Waals surface area contributed by atoms with Gasteiger partial charge in [-0.25, -0.2) is 17.5 Å². The van der Waals surface area contributed by atoms with Crippen molar-refractivity contribution in [3.05, 3.63) is 89.6 Å². The molecule has 0 aliphatic heterocycles. The molecule has 2 N–H and O–H groups in total. The fraction of sp³-hybridized carbons (Fsp3) is 0.105. The molecular formula is C19H17FN2O4S. The summed E-state index contributed by atoms with van der Waals surface area (Å²) in [4.78, 5) is 12.2. The Balaban J connectivity index is 1.67. The summed E-state index contributed by atoms with van der Waals surface area (Å²) in [5.41, 5.74) is 0.832. The second-order valence-electron chi connectivity index (χ2n) is 5.74. The van der Waals surface area contributed by atoms with Crippen LogP contribution in [0.2, 0.25) is 0 Å². The predicted octanol–water partition coefficient (Wildman–Crippen LogP) is 2.83. The topological polar surface area (TPSA) is 88.4 Å². The number of benzene rings is 2. The minimum absolute atomic E-state index is 0.0114. The van der Waals surface area contributed by atoms with E-state index in [0.717, 1.165) is 0 Å². The first-order valence-electron chi connectivity index (χ1n) is 8.09. The van der Waals surface area contributed by atoms with Gasteiger partial charge in [0.05, 0.1) is 17.7 Å². The molecule has 0 saturated heterocycles. The van der Waals surface area contributed by atoms with Gasteiger partial charge in [0.2, 0.25) is 10.0 Å². The number of hydrogen-bond donors (Lipinski definition) is 2. The fourth-order valence-electron chi connectivity index (χ4n) is 2.35. The summed E-state index contributed by atoms with van der Waals surface area (Å²) in [7, 11) is -3.83. The van der Waals surface area contributed by atoms with Gasteiger partial charge in [-0.2, -0.15) is 0 Å². The maximum atomic E-state index is 12.9. The summed E-state index contributed by atoms with van der Waals surface area (Å²) in [6.45, 7) is 0.211. The zero-order valence-corrected chi connectivity index (χ0v) is 15.0. The van der Waals surface area contributed by atoms with Gasteiger partial charge < -0.3 is 9.73 Å². The molecule has 0 saturated carbocycles. The van der Waals surface area contributed by atoms with Gasteiger partial charge in [0.15, 0.2) is 0 Å². The van der Waals surface area contributed by atoms with E-state index in [0.29, 0.717) is 11.3 Å². The van der Waals surface area contributed by atoms with Crippen molar-refractivity contribution in [3.8, 4) is 0 Å². The van der Waals surface area contributed by atoms with Crippen LogP contribution in [0.5, 0.6) is 0 Å². The summed E-state index contributed by atoms with van der Waals surface area (Å²) in [5.74, 6) is -0.218. The number of hydrogen-bond acceptors (Lipinski definition) is 4. The summed E-state index contributed by atoms with van der Waals surface area (Å²) in [6.07, 6.45) is 1.50. The van der Waals surface area contributed by atoms with Crippen LogP contribution >= 0.6 is 0 Å². The van der Waals surface area contributed by atoms with Gasteiger partial charge in [-0.3, -0.25) is 4.79 Å². The maximum absolute atomic E-state index is 12.9. The van der Waals surface area contributed by atoms with Gasteiger partial charge in [0.25, 0.3) is 5.91 Å². The van der Waals surface area contributed by atoms with E-state index in [4.69, 9.17) is 4.42 Å². The first kappa shape index (κ1) is 18.8. The Hall–Kier alpha value is -2.97. The lowest BCUT2D eigenvalue weighted by Gasteiger charge is -2.09. The molecule has 0 spiro atoms. The number of carbonyl (C=O) groups is 1. The first-order chi connectivity index (χ1) is 12.9. The normalized spacial score (nSPS) is 11.3.